The normalized spacial score (nSPS) is 12.5. The van der Waals surface area contributed by atoms with Crippen LogP contribution >= 0.6 is 0 Å². The predicted octanol–water partition coefficient (Wildman–Crippen LogP) is 3.56. The Hall–Kier alpha value is -1.67. The van der Waals surface area contributed by atoms with Crippen LogP contribution in [0.15, 0.2) is 30.3 Å². The minimum atomic E-state index is 0.00796. The van der Waals surface area contributed by atoms with E-state index in [0.717, 1.165) is 23.4 Å². The van der Waals surface area contributed by atoms with Crippen LogP contribution < -0.4 is 5.73 Å². The molecule has 0 bridgehead atoms. The molecule has 0 amide bonds. The van der Waals surface area contributed by atoms with Crippen molar-refractivity contribution in [1.82, 2.24) is 4.98 Å². The number of rotatable bonds is 3. The summed E-state index contributed by atoms with van der Waals surface area (Å²) in [6, 6.07) is 10.7. The third kappa shape index (κ3) is 3.21. The second kappa shape index (κ2) is 5.54. The number of hydrogen-bond donors (Lipinski definition) is 1. The van der Waals surface area contributed by atoms with Crippen molar-refractivity contribution in [2.75, 3.05) is 0 Å². The summed E-state index contributed by atoms with van der Waals surface area (Å²) in [7, 11) is 0. The molecular weight excluding hydrogens is 232 g/mol. The molecule has 0 aliphatic heterocycles. The van der Waals surface area contributed by atoms with E-state index in [1.54, 1.807) is 0 Å². The van der Waals surface area contributed by atoms with Crippen molar-refractivity contribution in [2.45, 2.75) is 40.2 Å². The van der Waals surface area contributed by atoms with Crippen molar-refractivity contribution in [3.63, 3.8) is 0 Å². The lowest BCUT2D eigenvalue weighted by Crippen LogP contribution is -2.16. The maximum Gasteiger partial charge on any atom is 0.0423 e. The van der Waals surface area contributed by atoms with Crippen molar-refractivity contribution in [3.05, 3.63) is 64.0 Å². The van der Waals surface area contributed by atoms with Gasteiger partial charge in [0.25, 0.3) is 0 Å². The van der Waals surface area contributed by atoms with Crippen LogP contribution in [-0.2, 0) is 6.42 Å². The SMILES string of the molecule is Cc1ccc(C)c(CC(N)c2ccc(C)nc2C)c1. The summed E-state index contributed by atoms with van der Waals surface area (Å²) in [5.41, 5.74) is 13.5. The van der Waals surface area contributed by atoms with Gasteiger partial charge >= 0.3 is 0 Å². The first-order valence-electron chi connectivity index (χ1n) is 6.73. The van der Waals surface area contributed by atoms with Gasteiger partial charge in [0.1, 0.15) is 0 Å². The summed E-state index contributed by atoms with van der Waals surface area (Å²) in [6.45, 7) is 8.30. The standard InChI is InChI=1S/C17H22N2/c1-11-5-6-12(2)15(9-11)10-17(18)16-8-7-13(3)19-14(16)4/h5-9,17H,10,18H2,1-4H3. The first kappa shape index (κ1) is 13.8. The van der Waals surface area contributed by atoms with Crippen molar-refractivity contribution in [2.24, 2.45) is 5.73 Å². The summed E-state index contributed by atoms with van der Waals surface area (Å²) >= 11 is 0. The van der Waals surface area contributed by atoms with Crippen molar-refractivity contribution < 1.29 is 0 Å². The van der Waals surface area contributed by atoms with Gasteiger partial charge in [-0.3, -0.25) is 4.98 Å². The van der Waals surface area contributed by atoms with E-state index in [9.17, 15) is 0 Å². The Morgan fingerprint density at radius 3 is 2.47 bits per heavy atom. The zero-order valence-corrected chi connectivity index (χ0v) is 12.2. The molecule has 1 heterocycles. The lowest BCUT2D eigenvalue weighted by molar-refractivity contribution is 0.706. The van der Waals surface area contributed by atoms with E-state index in [4.69, 9.17) is 5.73 Å². The highest BCUT2D eigenvalue weighted by Gasteiger charge is 2.12. The van der Waals surface area contributed by atoms with Crippen LogP contribution in [0, 0.1) is 27.7 Å². The zero-order chi connectivity index (χ0) is 14.0. The molecule has 2 N–H and O–H groups in total. The van der Waals surface area contributed by atoms with Gasteiger partial charge < -0.3 is 5.73 Å². The summed E-state index contributed by atoms with van der Waals surface area (Å²) < 4.78 is 0. The first-order chi connectivity index (χ1) is 8.97. The molecule has 1 unspecified atom stereocenters. The summed E-state index contributed by atoms with van der Waals surface area (Å²) in [4.78, 5) is 4.50. The molecule has 0 fully saturated rings. The monoisotopic (exact) mass is 254 g/mol. The third-order valence-corrected chi connectivity index (χ3v) is 3.61. The van der Waals surface area contributed by atoms with Gasteiger partial charge in [-0.2, -0.15) is 0 Å². The Labute approximate surface area is 115 Å². The fraction of sp³-hybridized carbons (Fsp3) is 0.353. The molecule has 19 heavy (non-hydrogen) atoms. The molecule has 1 aromatic heterocycles. The third-order valence-electron chi connectivity index (χ3n) is 3.61. The number of aryl methyl sites for hydroxylation is 4. The fourth-order valence-corrected chi connectivity index (χ4v) is 2.46. The molecule has 2 nitrogen and oxygen atoms in total. The molecule has 0 saturated heterocycles. The van der Waals surface area contributed by atoms with Crippen LogP contribution in [-0.4, -0.2) is 4.98 Å². The number of aromatic nitrogens is 1. The molecule has 1 atom stereocenters. The van der Waals surface area contributed by atoms with Crippen LogP contribution in [0.5, 0.6) is 0 Å². The van der Waals surface area contributed by atoms with Gasteiger partial charge in [-0.25, -0.2) is 0 Å². The average Bonchev–Trinajstić information content (AvgIpc) is 2.33. The second-order valence-corrected chi connectivity index (χ2v) is 5.37. The summed E-state index contributed by atoms with van der Waals surface area (Å²) in [5.74, 6) is 0. The molecule has 2 rings (SSSR count). The van der Waals surface area contributed by atoms with Gasteiger partial charge in [-0.05, 0) is 56.9 Å². The number of hydrogen-bond acceptors (Lipinski definition) is 2. The zero-order valence-electron chi connectivity index (χ0n) is 12.2. The second-order valence-electron chi connectivity index (χ2n) is 5.37. The molecule has 2 heteroatoms. The topological polar surface area (TPSA) is 38.9 Å². The van der Waals surface area contributed by atoms with Crippen LogP contribution in [0.3, 0.4) is 0 Å². The van der Waals surface area contributed by atoms with Crippen LogP contribution in [0.25, 0.3) is 0 Å². The average molecular weight is 254 g/mol. The Morgan fingerprint density at radius 2 is 1.79 bits per heavy atom. The Morgan fingerprint density at radius 1 is 1.05 bits per heavy atom. The van der Waals surface area contributed by atoms with Crippen LogP contribution in [0.1, 0.15) is 39.7 Å². The van der Waals surface area contributed by atoms with E-state index in [0.29, 0.717) is 0 Å². The van der Waals surface area contributed by atoms with Gasteiger partial charge in [0.05, 0.1) is 0 Å². The Bertz CT molecular complexity index is 588. The fourth-order valence-electron chi connectivity index (χ4n) is 2.46. The summed E-state index contributed by atoms with van der Waals surface area (Å²) in [6.07, 6.45) is 0.860. The van der Waals surface area contributed by atoms with E-state index in [1.165, 1.54) is 16.7 Å². The predicted molar refractivity (Wildman–Crippen MR) is 80.3 cm³/mol. The van der Waals surface area contributed by atoms with Gasteiger partial charge in [0.15, 0.2) is 0 Å². The van der Waals surface area contributed by atoms with Crippen molar-refractivity contribution in [3.8, 4) is 0 Å². The number of nitrogens with zero attached hydrogens (tertiary/aromatic N) is 1. The van der Waals surface area contributed by atoms with Crippen LogP contribution in [0.2, 0.25) is 0 Å². The minimum absolute atomic E-state index is 0.00796. The summed E-state index contributed by atoms with van der Waals surface area (Å²) in [5, 5.41) is 0. The van der Waals surface area contributed by atoms with E-state index < -0.39 is 0 Å². The molecule has 2 aromatic rings. The number of nitrogens with two attached hydrogens (primary N) is 1. The first-order valence-corrected chi connectivity index (χ1v) is 6.73. The smallest absolute Gasteiger partial charge is 0.0423 e. The molecule has 0 aliphatic rings. The maximum absolute atomic E-state index is 6.36. The lowest BCUT2D eigenvalue weighted by Gasteiger charge is -2.16. The molecular formula is C17H22N2. The number of pyridine rings is 1. The highest BCUT2D eigenvalue weighted by atomic mass is 14.7. The van der Waals surface area contributed by atoms with Crippen molar-refractivity contribution in [1.29, 1.82) is 0 Å². The van der Waals surface area contributed by atoms with E-state index in [2.05, 4.69) is 43.1 Å². The Kier molecular flexibility index (Phi) is 4.01. The van der Waals surface area contributed by atoms with Crippen LogP contribution in [0.4, 0.5) is 0 Å². The van der Waals surface area contributed by atoms with E-state index >= 15 is 0 Å². The molecule has 1 aromatic carbocycles. The molecule has 0 saturated carbocycles. The minimum Gasteiger partial charge on any atom is -0.324 e. The van der Waals surface area contributed by atoms with E-state index in [1.807, 2.05) is 19.9 Å². The maximum atomic E-state index is 6.36. The molecule has 0 spiro atoms. The van der Waals surface area contributed by atoms with Gasteiger partial charge in [-0.1, -0.05) is 29.8 Å². The van der Waals surface area contributed by atoms with Gasteiger partial charge in [0.2, 0.25) is 0 Å². The highest BCUT2D eigenvalue weighted by molar-refractivity contribution is 5.33. The number of benzene rings is 1. The lowest BCUT2D eigenvalue weighted by atomic mass is 9.95. The van der Waals surface area contributed by atoms with Gasteiger partial charge in [0, 0.05) is 17.4 Å². The molecule has 0 radical (unpaired) electrons. The van der Waals surface area contributed by atoms with Crippen molar-refractivity contribution >= 4 is 0 Å². The Balaban J connectivity index is 2.25. The quantitative estimate of drug-likeness (QED) is 0.909. The highest BCUT2D eigenvalue weighted by Crippen LogP contribution is 2.21. The van der Waals surface area contributed by atoms with Gasteiger partial charge in [-0.15, -0.1) is 0 Å². The van der Waals surface area contributed by atoms with E-state index in [-0.39, 0.29) is 6.04 Å². The molecule has 100 valence electrons. The molecule has 0 aliphatic carbocycles. The largest absolute Gasteiger partial charge is 0.324 e.